The highest BCUT2D eigenvalue weighted by Crippen LogP contribution is 2.25. The average Bonchev–Trinajstić information content (AvgIpc) is 2.63. The summed E-state index contributed by atoms with van der Waals surface area (Å²) < 4.78 is 2.26. The lowest BCUT2D eigenvalue weighted by molar-refractivity contribution is 0.770. The van der Waals surface area contributed by atoms with E-state index >= 15 is 0 Å². The van der Waals surface area contributed by atoms with Gasteiger partial charge in [0, 0.05) is 28.7 Å². The topological polar surface area (TPSA) is 17.0 Å². The SMILES string of the molecule is CCn1cc(CCNC)c2ccc(Cl)cc21. The number of fused-ring (bicyclic) bond motifs is 1. The molecule has 1 aromatic carbocycles. The van der Waals surface area contributed by atoms with Gasteiger partial charge < -0.3 is 9.88 Å². The van der Waals surface area contributed by atoms with Gasteiger partial charge in [0.2, 0.25) is 0 Å². The van der Waals surface area contributed by atoms with Crippen molar-refractivity contribution in [1.29, 1.82) is 0 Å². The van der Waals surface area contributed by atoms with Crippen LogP contribution in [0.4, 0.5) is 0 Å². The maximum atomic E-state index is 6.04. The number of hydrogen-bond donors (Lipinski definition) is 1. The highest BCUT2D eigenvalue weighted by atomic mass is 35.5. The fraction of sp³-hybridized carbons (Fsp3) is 0.385. The van der Waals surface area contributed by atoms with Gasteiger partial charge in [-0.1, -0.05) is 17.7 Å². The maximum Gasteiger partial charge on any atom is 0.0497 e. The van der Waals surface area contributed by atoms with Crippen LogP contribution in [0.15, 0.2) is 24.4 Å². The lowest BCUT2D eigenvalue weighted by Crippen LogP contribution is -2.09. The van der Waals surface area contributed by atoms with Crippen molar-refractivity contribution in [1.82, 2.24) is 9.88 Å². The molecule has 0 bridgehead atoms. The second-order valence-corrected chi connectivity index (χ2v) is 4.39. The van der Waals surface area contributed by atoms with Gasteiger partial charge in [0.05, 0.1) is 0 Å². The first-order valence-electron chi connectivity index (χ1n) is 5.68. The Bertz CT molecular complexity index is 488. The van der Waals surface area contributed by atoms with Crippen LogP contribution in [0.25, 0.3) is 10.9 Å². The van der Waals surface area contributed by atoms with Gasteiger partial charge in [0.1, 0.15) is 0 Å². The van der Waals surface area contributed by atoms with E-state index in [1.165, 1.54) is 16.5 Å². The quantitative estimate of drug-likeness (QED) is 0.864. The van der Waals surface area contributed by atoms with Crippen LogP contribution in [0.3, 0.4) is 0 Å². The fourth-order valence-corrected chi connectivity index (χ4v) is 2.23. The summed E-state index contributed by atoms with van der Waals surface area (Å²) in [5.74, 6) is 0. The van der Waals surface area contributed by atoms with Crippen LogP contribution < -0.4 is 5.32 Å². The molecule has 1 heterocycles. The van der Waals surface area contributed by atoms with Crippen LogP contribution >= 0.6 is 11.6 Å². The van der Waals surface area contributed by atoms with Crippen LogP contribution in [0.2, 0.25) is 5.02 Å². The van der Waals surface area contributed by atoms with Gasteiger partial charge in [-0.05, 0) is 44.6 Å². The predicted octanol–water partition coefficient (Wildman–Crippen LogP) is 3.08. The van der Waals surface area contributed by atoms with Gasteiger partial charge in [-0.15, -0.1) is 0 Å². The molecule has 86 valence electrons. The summed E-state index contributed by atoms with van der Waals surface area (Å²) in [5.41, 5.74) is 2.63. The van der Waals surface area contributed by atoms with Gasteiger partial charge in [-0.3, -0.25) is 0 Å². The summed E-state index contributed by atoms with van der Waals surface area (Å²) in [6.45, 7) is 4.14. The third-order valence-corrected chi connectivity index (χ3v) is 3.15. The van der Waals surface area contributed by atoms with Crippen LogP contribution in [0, 0.1) is 0 Å². The molecule has 2 aromatic rings. The number of aryl methyl sites for hydroxylation is 1. The van der Waals surface area contributed by atoms with E-state index in [9.17, 15) is 0 Å². The van der Waals surface area contributed by atoms with E-state index in [1.54, 1.807) is 0 Å². The second-order valence-electron chi connectivity index (χ2n) is 3.96. The van der Waals surface area contributed by atoms with E-state index in [0.29, 0.717) is 0 Å². The van der Waals surface area contributed by atoms with E-state index in [2.05, 4.69) is 29.1 Å². The number of aromatic nitrogens is 1. The Morgan fingerprint density at radius 2 is 2.19 bits per heavy atom. The van der Waals surface area contributed by atoms with Gasteiger partial charge in [-0.2, -0.15) is 0 Å². The lowest BCUT2D eigenvalue weighted by atomic mass is 10.1. The molecule has 1 aromatic heterocycles. The zero-order chi connectivity index (χ0) is 11.5. The van der Waals surface area contributed by atoms with Crippen molar-refractivity contribution in [3.63, 3.8) is 0 Å². The summed E-state index contributed by atoms with van der Waals surface area (Å²) >= 11 is 6.04. The standard InChI is InChI=1S/C13H17ClN2/c1-3-16-9-10(6-7-15-2)12-5-4-11(14)8-13(12)16/h4-5,8-9,15H,3,6-7H2,1-2H3. The second kappa shape index (κ2) is 4.89. The number of halogens is 1. The molecule has 16 heavy (non-hydrogen) atoms. The third-order valence-electron chi connectivity index (χ3n) is 2.91. The molecule has 0 atom stereocenters. The van der Waals surface area contributed by atoms with Crippen molar-refractivity contribution < 1.29 is 0 Å². The van der Waals surface area contributed by atoms with E-state index < -0.39 is 0 Å². The molecule has 0 aliphatic carbocycles. The first-order valence-corrected chi connectivity index (χ1v) is 6.06. The van der Waals surface area contributed by atoms with E-state index in [-0.39, 0.29) is 0 Å². The van der Waals surface area contributed by atoms with Gasteiger partial charge in [0.25, 0.3) is 0 Å². The van der Waals surface area contributed by atoms with Crippen LogP contribution in [-0.4, -0.2) is 18.2 Å². The molecule has 0 spiro atoms. The molecule has 0 fully saturated rings. The Labute approximate surface area is 101 Å². The van der Waals surface area contributed by atoms with Crippen LogP contribution in [-0.2, 0) is 13.0 Å². The predicted molar refractivity (Wildman–Crippen MR) is 70.3 cm³/mol. The minimum atomic E-state index is 0.806. The van der Waals surface area contributed by atoms with Crippen molar-refractivity contribution in [2.45, 2.75) is 19.9 Å². The summed E-state index contributed by atoms with van der Waals surface area (Å²) in [5, 5.41) is 5.31. The third kappa shape index (κ3) is 2.08. The first-order chi connectivity index (χ1) is 7.76. The van der Waals surface area contributed by atoms with Crippen LogP contribution in [0.5, 0.6) is 0 Å². The molecule has 0 amide bonds. The molecule has 0 saturated carbocycles. The largest absolute Gasteiger partial charge is 0.347 e. The van der Waals surface area contributed by atoms with Crippen molar-refractivity contribution in [3.8, 4) is 0 Å². The number of benzene rings is 1. The Morgan fingerprint density at radius 3 is 2.88 bits per heavy atom. The molecule has 0 saturated heterocycles. The number of nitrogens with one attached hydrogen (secondary N) is 1. The number of rotatable bonds is 4. The van der Waals surface area contributed by atoms with Crippen molar-refractivity contribution in [2.24, 2.45) is 0 Å². The molecular weight excluding hydrogens is 220 g/mol. The zero-order valence-corrected chi connectivity index (χ0v) is 10.5. The van der Waals surface area contributed by atoms with Gasteiger partial charge in [0.15, 0.2) is 0 Å². The zero-order valence-electron chi connectivity index (χ0n) is 9.76. The minimum absolute atomic E-state index is 0.806. The molecule has 0 unspecified atom stereocenters. The molecule has 0 aliphatic rings. The molecule has 2 rings (SSSR count). The van der Waals surface area contributed by atoms with E-state index in [0.717, 1.165) is 24.5 Å². The molecule has 0 aliphatic heterocycles. The smallest absolute Gasteiger partial charge is 0.0497 e. The first kappa shape index (κ1) is 11.5. The van der Waals surface area contributed by atoms with E-state index in [1.807, 2.05) is 19.2 Å². The average molecular weight is 237 g/mol. The normalized spacial score (nSPS) is 11.2. The minimum Gasteiger partial charge on any atom is -0.347 e. The molecule has 3 heteroatoms. The summed E-state index contributed by atoms with van der Waals surface area (Å²) in [7, 11) is 1.98. The highest BCUT2D eigenvalue weighted by Gasteiger charge is 2.07. The maximum absolute atomic E-state index is 6.04. The number of likely N-dealkylation sites (N-methyl/N-ethyl adjacent to an activating group) is 1. The molecular formula is C13H17ClN2. The monoisotopic (exact) mass is 236 g/mol. The highest BCUT2D eigenvalue weighted by molar-refractivity contribution is 6.31. The van der Waals surface area contributed by atoms with Crippen LogP contribution in [0.1, 0.15) is 12.5 Å². The molecule has 2 nitrogen and oxygen atoms in total. The van der Waals surface area contributed by atoms with Crippen molar-refractivity contribution in [3.05, 3.63) is 35.0 Å². The van der Waals surface area contributed by atoms with Gasteiger partial charge >= 0.3 is 0 Å². The summed E-state index contributed by atoms with van der Waals surface area (Å²) in [6, 6.07) is 6.13. The van der Waals surface area contributed by atoms with E-state index in [4.69, 9.17) is 11.6 Å². The van der Waals surface area contributed by atoms with Crippen molar-refractivity contribution in [2.75, 3.05) is 13.6 Å². The fourth-order valence-electron chi connectivity index (χ4n) is 2.06. The summed E-state index contributed by atoms with van der Waals surface area (Å²) in [6.07, 6.45) is 3.29. The Hall–Kier alpha value is -0.990. The molecule has 0 radical (unpaired) electrons. The van der Waals surface area contributed by atoms with Gasteiger partial charge in [-0.25, -0.2) is 0 Å². The van der Waals surface area contributed by atoms with Crippen molar-refractivity contribution >= 4 is 22.5 Å². The Balaban J connectivity index is 2.50. The summed E-state index contributed by atoms with van der Waals surface area (Å²) in [4.78, 5) is 0. The Kier molecular flexibility index (Phi) is 3.52. The Morgan fingerprint density at radius 1 is 1.38 bits per heavy atom. The lowest BCUT2D eigenvalue weighted by Gasteiger charge is -2.00. The molecule has 1 N–H and O–H groups in total. The number of nitrogens with zero attached hydrogens (tertiary/aromatic N) is 1. The number of hydrogen-bond acceptors (Lipinski definition) is 1.